The van der Waals surface area contributed by atoms with Gasteiger partial charge in [-0.1, -0.05) is 11.3 Å². The Morgan fingerprint density at radius 1 is 1.50 bits per heavy atom. The Kier molecular flexibility index (Phi) is 3.09. The van der Waals surface area contributed by atoms with Crippen molar-refractivity contribution in [1.29, 1.82) is 0 Å². The number of benzene rings is 1. The Balaban J connectivity index is 1.89. The topological polar surface area (TPSA) is 51.4 Å². The van der Waals surface area contributed by atoms with Crippen LogP contribution in [0.1, 0.15) is 12.8 Å². The van der Waals surface area contributed by atoms with Crippen LogP contribution >= 0.6 is 11.3 Å². The summed E-state index contributed by atoms with van der Waals surface area (Å²) in [5.41, 5.74) is 7.55. The largest absolute Gasteiger partial charge is 0.399 e. The van der Waals surface area contributed by atoms with E-state index in [9.17, 15) is 0 Å². The van der Waals surface area contributed by atoms with Crippen molar-refractivity contribution in [2.24, 2.45) is 0 Å². The number of rotatable bonds is 2. The third kappa shape index (κ3) is 2.15. The zero-order valence-electron chi connectivity index (χ0n) is 10.4. The Hall–Kier alpha value is -1.33. The van der Waals surface area contributed by atoms with Crippen LogP contribution in [0.25, 0.3) is 10.2 Å². The van der Waals surface area contributed by atoms with Gasteiger partial charge in [-0.25, -0.2) is 4.98 Å². The van der Waals surface area contributed by atoms with Crippen LogP contribution in [0.2, 0.25) is 0 Å². The summed E-state index contributed by atoms with van der Waals surface area (Å²) in [5.74, 6) is 0. The molecule has 0 amide bonds. The van der Waals surface area contributed by atoms with E-state index in [1.165, 1.54) is 4.70 Å². The number of nitrogens with two attached hydrogens (primary N) is 1. The number of fused-ring (bicyclic) bond motifs is 1. The predicted octanol–water partition coefficient (Wildman–Crippen LogP) is 2.49. The second-order valence-electron chi connectivity index (χ2n) is 4.67. The minimum Gasteiger partial charge on any atom is -0.399 e. The Morgan fingerprint density at radius 2 is 2.39 bits per heavy atom. The van der Waals surface area contributed by atoms with Gasteiger partial charge in [0.25, 0.3) is 0 Å². The molecular formula is C13H17N3OS. The lowest BCUT2D eigenvalue weighted by atomic mass is 10.1. The zero-order chi connectivity index (χ0) is 12.5. The monoisotopic (exact) mass is 263 g/mol. The van der Waals surface area contributed by atoms with Crippen LogP contribution in [-0.4, -0.2) is 31.3 Å². The first-order valence-corrected chi connectivity index (χ1v) is 7.02. The van der Waals surface area contributed by atoms with Crippen LogP contribution in [0.3, 0.4) is 0 Å². The van der Waals surface area contributed by atoms with Gasteiger partial charge in [0.1, 0.15) is 0 Å². The molecule has 0 spiro atoms. The van der Waals surface area contributed by atoms with Crippen molar-refractivity contribution in [2.45, 2.75) is 18.9 Å². The summed E-state index contributed by atoms with van der Waals surface area (Å²) in [4.78, 5) is 6.99. The lowest BCUT2D eigenvalue weighted by Gasteiger charge is -2.31. The Labute approximate surface area is 110 Å². The third-order valence-corrected chi connectivity index (χ3v) is 4.48. The number of nitrogens with zero attached hydrogens (tertiary/aromatic N) is 2. The molecule has 1 aromatic carbocycles. The summed E-state index contributed by atoms with van der Waals surface area (Å²) in [5, 5.41) is 1.08. The number of thiazole rings is 1. The number of aromatic nitrogens is 1. The fourth-order valence-corrected chi connectivity index (χ4v) is 3.35. The number of anilines is 2. The van der Waals surface area contributed by atoms with E-state index in [1.807, 2.05) is 18.2 Å². The molecule has 5 heteroatoms. The molecule has 1 aliphatic heterocycles. The Bertz CT molecular complexity index is 554. The summed E-state index contributed by atoms with van der Waals surface area (Å²) in [6.45, 7) is 2.00. The number of nitrogen functional groups attached to an aromatic ring is 1. The first-order chi connectivity index (χ1) is 8.76. The van der Waals surface area contributed by atoms with Crippen LogP contribution in [0, 0.1) is 0 Å². The number of ether oxygens (including phenoxy) is 1. The van der Waals surface area contributed by atoms with Gasteiger partial charge in [-0.2, -0.15) is 0 Å². The second-order valence-corrected chi connectivity index (χ2v) is 5.68. The highest BCUT2D eigenvalue weighted by Gasteiger charge is 2.21. The van der Waals surface area contributed by atoms with Crippen LogP contribution in [0.5, 0.6) is 0 Å². The quantitative estimate of drug-likeness (QED) is 0.846. The lowest BCUT2D eigenvalue weighted by molar-refractivity contribution is 0.0893. The molecule has 1 fully saturated rings. The van der Waals surface area contributed by atoms with Gasteiger partial charge in [0, 0.05) is 25.9 Å². The van der Waals surface area contributed by atoms with Crippen molar-refractivity contribution in [3.63, 3.8) is 0 Å². The van der Waals surface area contributed by atoms with E-state index in [-0.39, 0.29) is 0 Å². The van der Waals surface area contributed by atoms with Gasteiger partial charge < -0.3 is 15.4 Å². The van der Waals surface area contributed by atoms with Crippen LogP contribution < -0.4 is 10.6 Å². The SMILES string of the molecule is COC1CCCN(c2nc3cc(N)ccc3s2)C1. The summed E-state index contributed by atoms with van der Waals surface area (Å²) in [6, 6.07) is 5.91. The molecule has 1 unspecified atom stereocenters. The molecule has 0 bridgehead atoms. The molecule has 1 atom stereocenters. The summed E-state index contributed by atoms with van der Waals surface area (Å²) < 4.78 is 6.64. The third-order valence-electron chi connectivity index (χ3n) is 3.38. The van der Waals surface area contributed by atoms with Crippen molar-refractivity contribution < 1.29 is 4.74 Å². The molecule has 3 rings (SSSR count). The summed E-state index contributed by atoms with van der Waals surface area (Å²) in [6.07, 6.45) is 2.64. The first kappa shape index (κ1) is 11.7. The van der Waals surface area contributed by atoms with E-state index < -0.39 is 0 Å². The van der Waals surface area contributed by atoms with Crippen LogP contribution in [0.15, 0.2) is 18.2 Å². The summed E-state index contributed by atoms with van der Waals surface area (Å²) >= 11 is 1.73. The molecule has 96 valence electrons. The summed E-state index contributed by atoms with van der Waals surface area (Å²) in [7, 11) is 1.78. The van der Waals surface area contributed by atoms with Crippen molar-refractivity contribution in [3.05, 3.63) is 18.2 Å². The predicted molar refractivity (Wildman–Crippen MR) is 76.3 cm³/mol. The van der Waals surface area contributed by atoms with Crippen LogP contribution in [-0.2, 0) is 4.74 Å². The first-order valence-electron chi connectivity index (χ1n) is 6.20. The molecule has 1 aliphatic rings. The van der Waals surface area contributed by atoms with Crippen molar-refractivity contribution in [3.8, 4) is 0 Å². The molecule has 1 aromatic heterocycles. The highest BCUT2D eigenvalue weighted by atomic mass is 32.1. The average molecular weight is 263 g/mol. The molecule has 0 saturated carbocycles. The van der Waals surface area contributed by atoms with E-state index >= 15 is 0 Å². The molecule has 0 radical (unpaired) electrons. The standard InChI is InChI=1S/C13H17N3OS/c1-17-10-3-2-6-16(8-10)13-15-11-7-9(14)4-5-12(11)18-13/h4-5,7,10H,2-3,6,8,14H2,1H3. The van der Waals surface area contributed by atoms with Gasteiger partial charge in [-0.3, -0.25) is 0 Å². The molecule has 1 saturated heterocycles. The van der Waals surface area contributed by atoms with E-state index in [1.54, 1.807) is 18.4 Å². The van der Waals surface area contributed by atoms with E-state index in [2.05, 4.69) is 9.88 Å². The van der Waals surface area contributed by atoms with Gasteiger partial charge in [0.15, 0.2) is 5.13 Å². The van der Waals surface area contributed by atoms with Gasteiger partial charge in [-0.05, 0) is 31.0 Å². The highest BCUT2D eigenvalue weighted by molar-refractivity contribution is 7.22. The van der Waals surface area contributed by atoms with Gasteiger partial charge in [0.05, 0.1) is 16.3 Å². The molecule has 18 heavy (non-hydrogen) atoms. The molecule has 2 heterocycles. The molecule has 2 aromatic rings. The Morgan fingerprint density at radius 3 is 3.22 bits per heavy atom. The fourth-order valence-electron chi connectivity index (χ4n) is 2.37. The van der Waals surface area contributed by atoms with E-state index in [0.717, 1.165) is 42.3 Å². The maximum absolute atomic E-state index is 5.79. The number of hydrogen-bond donors (Lipinski definition) is 1. The lowest BCUT2D eigenvalue weighted by Crippen LogP contribution is -2.39. The van der Waals surface area contributed by atoms with Crippen LogP contribution in [0.4, 0.5) is 10.8 Å². The van der Waals surface area contributed by atoms with Crippen molar-refractivity contribution in [2.75, 3.05) is 30.8 Å². The average Bonchev–Trinajstić information content (AvgIpc) is 2.81. The molecule has 4 nitrogen and oxygen atoms in total. The van der Waals surface area contributed by atoms with Gasteiger partial charge in [0.2, 0.25) is 0 Å². The second kappa shape index (κ2) is 4.74. The molecule has 0 aliphatic carbocycles. The van der Waals surface area contributed by atoms with Gasteiger partial charge in [-0.15, -0.1) is 0 Å². The van der Waals surface area contributed by atoms with Crippen molar-refractivity contribution >= 4 is 32.4 Å². The normalized spacial score (nSPS) is 20.5. The highest BCUT2D eigenvalue weighted by Crippen LogP contribution is 2.31. The smallest absolute Gasteiger partial charge is 0.186 e. The zero-order valence-corrected chi connectivity index (χ0v) is 11.2. The minimum atomic E-state index is 0.329. The molecular weight excluding hydrogens is 246 g/mol. The maximum atomic E-state index is 5.79. The maximum Gasteiger partial charge on any atom is 0.186 e. The number of hydrogen-bond acceptors (Lipinski definition) is 5. The number of piperidine rings is 1. The number of methoxy groups -OCH3 is 1. The minimum absolute atomic E-state index is 0.329. The van der Waals surface area contributed by atoms with Crippen molar-refractivity contribution in [1.82, 2.24) is 4.98 Å². The van der Waals surface area contributed by atoms with E-state index in [0.29, 0.717) is 6.10 Å². The van der Waals surface area contributed by atoms with Gasteiger partial charge >= 0.3 is 0 Å². The fraction of sp³-hybridized carbons (Fsp3) is 0.462. The molecule has 2 N–H and O–H groups in total. The van der Waals surface area contributed by atoms with E-state index in [4.69, 9.17) is 10.5 Å².